The number of methoxy groups -OCH3 is 1. The first kappa shape index (κ1) is 25.6. The van der Waals surface area contributed by atoms with Crippen molar-refractivity contribution in [3.05, 3.63) is 0 Å². The van der Waals surface area contributed by atoms with Crippen LogP contribution in [0.25, 0.3) is 0 Å². The third-order valence-electron chi connectivity index (χ3n) is 3.22. The second kappa shape index (κ2) is 9.61. The van der Waals surface area contributed by atoms with Gasteiger partial charge in [0.1, 0.15) is 24.4 Å². The smallest absolute Gasteiger partial charge is 0.376 e. The summed E-state index contributed by atoms with van der Waals surface area (Å²) in [6.45, 7) is 0. The second-order valence-corrected chi connectivity index (χ2v) is 8.23. The van der Waals surface area contributed by atoms with Gasteiger partial charge in [0, 0.05) is 7.11 Å². The summed E-state index contributed by atoms with van der Waals surface area (Å²) in [4.78, 5) is 26.0. The van der Waals surface area contributed by atoms with Crippen LogP contribution in [-0.4, -0.2) is 90.0 Å². The van der Waals surface area contributed by atoms with Crippen molar-refractivity contribution in [1.29, 1.82) is 0 Å². The molecule has 1 fully saturated rings. The largest absolute Gasteiger partial charge is 0.470 e. The molecule has 0 spiro atoms. The number of hydrogen-bond acceptors (Lipinski definition) is 14. The molecule has 1 saturated carbocycles. The molecule has 6 N–H and O–H groups in total. The molecule has 28 heavy (non-hydrogen) atoms. The van der Waals surface area contributed by atoms with Gasteiger partial charge in [0.05, 0.1) is 0 Å². The lowest BCUT2D eigenvalue weighted by Gasteiger charge is -2.45. The molecule has 0 heterocycles. The van der Waals surface area contributed by atoms with Gasteiger partial charge in [-0.3, -0.25) is 18.9 Å². The summed E-state index contributed by atoms with van der Waals surface area (Å²) < 4.78 is 90.6. The average Bonchev–Trinajstić information content (AvgIpc) is 2.47. The quantitative estimate of drug-likeness (QED) is 0.0813. The van der Waals surface area contributed by atoms with Crippen LogP contribution in [0.5, 0.6) is 0 Å². The molecular weight excluding hydrogens is 467 g/mol. The van der Waals surface area contributed by atoms with E-state index in [9.17, 15) is 21.4 Å². The number of phosphoric acid groups is 1. The Labute approximate surface area is 156 Å². The molecule has 3 unspecified atom stereocenters. The predicted octanol–water partition coefficient (Wildman–Crippen LogP) is -2.48. The van der Waals surface area contributed by atoms with Gasteiger partial charge >= 0.3 is 28.6 Å². The zero-order chi connectivity index (χ0) is 21.9. The zero-order valence-corrected chi connectivity index (χ0v) is 15.8. The minimum absolute atomic E-state index is 0.776. The van der Waals surface area contributed by atoms with Gasteiger partial charge in [0.15, 0.2) is 12.2 Å². The molecule has 18 nitrogen and oxygen atoms in total. The van der Waals surface area contributed by atoms with Gasteiger partial charge in [-0.1, -0.05) is 5.04 Å². The highest BCUT2D eigenvalue weighted by Crippen LogP contribution is 2.44. The van der Waals surface area contributed by atoms with E-state index in [0.717, 1.165) is 7.11 Å². The molecule has 0 aromatic heterocycles. The van der Waals surface area contributed by atoms with Crippen molar-refractivity contribution in [2.75, 3.05) is 7.11 Å². The van der Waals surface area contributed by atoms with Crippen molar-refractivity contribution < 1.29 is 83.2 Å². The third-order valence-corrected chi connectivity index (χ3v) is 4.66. The molecule has 0 radical (unpaired) electrons. The van der Waals surface area contributed by atoms with Crippen LogP contribution in [0.15, 0.2) is 0 Å². The summed E-state index contributed by atoms with van der Waals surface area (Å²) in [6.07, 6.45) is -13.7. The zero-order valence-electron chi connectivity index (χ0n) is 13.3. The Bertz CT molecular complexity index is 757. The first-order valence-electron chi connectivity index (χ1n) is 6.48. The van der Waals surface area contributed by atoms with Crippen LogP contribution in [0.1, 0.15) is 0 Å². The fourth-order valence-electron chi connectivity index (χ4n) is 2.45. The summed E-state index contributed by atoms with van der Waals surface area (Å²) in [7, 11) is -15.5. The van der Waals surface area contributed by atoms with Crippen molar-refractivity contribution >= 4 is 28.6 Å². The summed E-state index contributed by atoms with van der Waals surface area (Å²) in [5.74, 6) is 0. The molecule has 21 heteroatoms. The van der Waals surface area contributed by atoms with Gasteiger partial charge in [-0.2, -0.15) is 21.7 Å². The molecule has 0 aromatic rings. The molecule has 6 atom stereocenters. The fraction of sp³-hybridized carbons (Fsp3) is 1.00. The fourth-order valence-corrected chi connectivity index (χ4v) is 4.00. The highest BCUT2D eigenvalue weighted by Gasteiger charge is 2.59. The minimum atomic E-state index is -5.51. The first-order valence-corrected chi connectivity index (χ1v) is 10.7. The van der Waals surface area contributed by atoms with E-state index in [4.69, 9.17) is 34.1 Å². The van der Waals surface area contributed by atoms with Gasteiger partial charge in [0.25, 0.3) is 0 Å². The lowest BCUT2D eigenvalue weighted by Crippen LogP contribution is -2.67. The first-order chi connectivity index (χ1) is 12.6. The maximum atomic E-state index is 11.2. The van der Waals surface area contributed by atoms with Crippen LogP contribution in [0, 0.1) is 0 Å². The molecule has 1 rings (SSSR count). The van der Waals surface area contributed by atoms with E-state index in [1.54, 1.807) is 0 Å². The predicted molar refractivity (Wildman–Crippen MR) is 76.6 cm³/mol. The second-order valence-electron chi connectivity index (χ2n) is 4.94. The van der Waals surface area contributed by atoms with E-state index < -0.39 is 65.2 Å². The summed E-state index contributed by atoms with van der Waals surface area (Å²) in [5.41, 5.74) is 0. The summed E-state index contributed by atoms with van der Waals surface area (Å²) in [6, 6.07) is 0. The lowest BCUT2D eigenvalue weighted by molar-refractivity contribution is -0.529. The van der Waals surface area contributed by atoms with E-state index >= 15 is 0 Å². The maximum Gasteiger partial charge on any atom is 0.470 e. The Morgan fingerprint density at radius 3 is 1.57 bits per heavy atom. The van der Waals surface area contributed by atoms with E-state index in [-0.39, 0.29) is 0 Å². The normalized spacial score (nSPS) is 32.4. The Kier molecular flexibility index (Phi) is 8.80. The van der Waals surface area contributed by atoms with E-state index in [2.05, 4.69) is 27.7 Å². The average molecular weight is 482 g/mol. The Morgan fingerprint density at radius 2 is 1.25 bits per heavy atom. The molecule has 0 bridgehead atoms. The Balaban J connectivity index is 3.58. The van der Waals surface area contributed by atoms with Gasteiger partial charge < -0.3 is 14.5 Å². The van der Waals surface area contributed by atoms with Crippen molar-refractivity contribution in [3.8, 4) is 0 Å². The van der Waals surface area contributed by atoms with Crippen molar-refractivity contribution in [1.82, 2.24) is 0 Å². The molecule has 0 saturated heterocycles. The van der Waals surface area contributed by atoms with Crippen LogP contribution in [-0.2, 0) is 57.8 Å². The number of rotatable bonds is 10. The molecule has 168 valence electrons. The van der Waals surface area contributed by atoms with E-state index in [1.165, 1.54) is 0 Å². The topological polar surface area (TPSA) is 271 Å². The van der Waals surface area contributed by atoms with Crippen LogP contribution < -0.4 is 0 Å². The Morgan fingerprint density at radius 1 is 0.786 bits per heavy atom. The summed E-state index contributed by atoms with van der Waals surface area (Å²) >= 11 is 0. The Hall–Kier alpha value is -0.390. The van der Waals surface area contributed by atoms with E-state index in [1.807, 2.05) is 0 Å². The minimum Gasteiger partial charge on any atom is -0.376 e. The molecule has 0 aliphatic heterocycles. The summed E-state index contributed by atoms with van der Waals surface area (Å²) in [5, 5.41) is 20.8. The number of hydrogen-bond donors (Lipinski definition) is 6. The van der Waals surface area contributed by atoms with Crippen LogP contribution in [0.4, 0.5) is 0 Å². The monoisotopic (exact) mass is 482 g/mol. The third kappa shape index (κ3) is 7.46. The van der Waals surface area contributed by atoms with Gasteiger partial charge in [-0.25, -0.2) is 23.1 Å². The van der Waals surface area contributed by atoms with E-state index in [0.29, 0.717) is 0 Å². The number of phosphoric ester groups is 1. The molecule has 1 aliphatic carbocycles. The highest BCUT2D eigenvalue weighted by atomic mass is 32.3. The molecule has 0 amide bonds. The van der Waals surface area contributed by atoms with Gasteiger partial charge in [-0.15, -0.1) is 0 Å². The maximum absolute atomic E-state index is 11.2. The molecular formula is C7H15O18PS2. The van der Waals surface area contributed by atoms with Crippen LogP contribution in [0.3, 0.4) is 0 Å². The molecule has 0 aromatic carbocycles. The van der Waals surface area contributed by atoms with Crippen molar-refractivity contribution in [3.63, 3.8) is 0 Å². The van der Waals surface area contributed by atoms with Crippen LogP contribution >= 0.6 is 7.82 Å². The van der Waals surface area contributed by atoms with Gasteiger partial charge in [0.2, 0.25) is 0 Å². The number of ether oxygens (including phenoxy) is 1. The van der Waals surface area contributed by atoms with Crippen molar-refractivity contribution in [2.45, 2.75) is 36.6 Å². The van der Waals surface area contributed by atoms with Crippen LogP contribution in [0.2, 0.25) is 0 Å². The SMILES string of the molecule is COC1C(OS(=O)(=O)O)[C@H](OO)[C@H](OOO)C(OP(=O)(O)O)[C@@H]1OS(=O)(=O)O. The standard InChI is InChI=1S/C7H15O18PS2/c1-19-2-6(23-27(13,14)15)3(20-8)4(21-25-9)5(22-26(10,11)12)7(2)24-28(16,17)18/h2-9H,1H3,(H2,10,11,12)(H,13,14,15)(H,16,17,18)/t2?,3-,4+,5?,6?,7-/m1/s1. The lowest BCUT2D eigenvalue weighted by atomic mass is 9.85. The van der Waals surface area contributed by atoms with Gasteiger partial charge in [-0.05, 0) is 0 Å². The highest BCUT2D eigenvalue weighted by molar-refractivity contribution is 7.81. The molecule has 1 aliphatic rings. The van der Waals surface area contributed by atoms with Crippen molar-refractivity contribution in [2.24, 2.45) is 0 Å².